The van der Waals surface area contributed by atoms with E-state index in [1.54, 1.807) is 4.90 Å². The van der Waals surface area contributed by atoms with Crippen molar-refractivity contribution in [3.63, 3.8) is 0 Å². The van der Waals surface area contributed by atoms with Gasteiger partial charge >= 0.3 is 0 Å². The number of amides is 1. The summed E-state index contributed by atoms with van der Waals surface area (Å²) in [6.45, 7) is 2.92. The molecule has 28 heavy (non-hydrogen) atoms. The van der Waals surface area contributed by atoms with Crippen molar-refractivity contribution >= 4 is 11.7 Å². The number of rotatable bonds is 2. The molecule has 1 amide bonds. The minimum absolute atomic E-state index is 0.0850. The molecule has 0 spiro atoms. The molecule has 0 bridgehead atoms. The molecule has 0 saturated carbocycles. The zero-order valence-electron chi connectivity index (χ0n) is 15.5. The number of aromatic amines is 1. The highest BCUT2D eigenvalue weighted by molar-refractivity contribution is 5.93. The Morgan fingerprint density at radius 3 is 2.68 bits per heavy atom. The van der Waals surface area contributed by atoms with Crippen LogP contribution >= 0.6 is 0 Å². The van der Waals surface area contributed by atoms with E-state index in [1.165, 1.54) is 28.2 Å². The predicted molar refractivity (Wildman–Crippen MR) is 103 cm³/mol. The third-order valence-corrected chi connectivity index (χ3v) is 5.98. The molecule has 2 aromatic heterocycles. The molecule has 1 fully saturated rings. The van der Waals surface area contributed by atoms with E-state index in [2.05, 4.69) is 44.2 Å². The van der Waals surface area contributed by atoms with Gasteiger partial charge in [-0.2, -0.15) is 4.52 Å². The van der Waals surface area contributed by atoms with Gasteiger partial charge in [0, 0.05) is 38.4 Å². The molecule has 0 radical (unpaired) electrons. The van der Waals surface area contributed by atoms with Crippen LogP contribution in [0.2, 0.25) is 0 Å². The van der Waals surface area contributed by atoms with Gasteiger partial charge < -0.3 is 4.90 Å². The molecule has 1 aliphatic heterocycles. The first-order chi connectivity index (χ1) is 13.7. The van der Waals surface area contributed by atoms with Crippen molar-refractivity contribution < 1.29 is 4.79 Å². The maximum atomic E-state index is 12.9. The molecule has 1 N–H and O–H groups in total. The number of aryl methyl sites for hydroxylation is 1. The molecule has 1 saturated heterocycles. The summed E-state index contributed by atoms with van der Waals surface area (Å²) in [7, 11) is 0. The first-order valence-corrected chi connectivity index (χ1v) is 9.72. The van der Waals surface area contributed by atoms with Gasteiger partial charge in [0.25, 0.3) is 17.2 Å². The summed E-state index contributed by atoms with van der Waals surface area (Å²) in [6, 6.07) is 9.21. The number of hydrogen-bond donors (Lipinski definition) is 1. The van der Waals surface area contributed by atoms with Crippen LogP contribution in [-0.4, -0.2) is 67.5 Å². The summed E-state index contributed by atoms with van der Waals surface area (Å²) in [5.41, 5.74) is 2.60. The lowest BCUT2D eigenvalue weighted by atomic mass is 9.87. The van der Waals surface area contributed by atoms with Crippen molar-refractivity contribution in [3.05, 3.63) is 63.8 Å². The predicted octanol–water partition coefficient (Wildman–Crippen LogP) is 0.733. The smallest absolute Gasteiger partial charge is 0.286 e. The van der Waals surface area contributed by atoms with Crippen molar-refractivity contribution in [2.75, 3.05) is 26.2 Å². The molecule has 8 heteroatoms. The Hall–Kier alpha value is -3.00. The number of carbonyl (C=O) groups excluding carboxylic acids is 1. The standard InChI is InChI=1S/C20H22N6O2/c27-18(17-12-21-20-22-13-23-26(20)19(17)28)25-9-7-24(8-10-25)16-6-5-14-3-1-2-4-15(14)11-16/h1-4,12-13,16H,5-11H2,(H,21,22,23). The Kier molecular flexibility index (Phi) is 4.20. The lowest BCUT2D eigenvalue weighted by molar-refractivity contribution is 0.0551. The Bertz CT molecular complexity index is 1080. The van der Waals surface area contributed by atoms with E-state index in [9.17, 15) is 9.59 Å². The van der Waals surface area contributed by atoms with Gasteiger partial charge in [-0.15, -0.1) is 0 Å². The second kappa shape index (κ2) is 6.87. The number of aromatic nitrogens is 4. The van der Waals surface area contributed by atoms with Gasteiger partial charge in [0.05, 0.1) is 0 Å². The van der Waals surface area contributed by atoms with E-state index in [-0.39, 0.29) is 17.2 Å². The normalized spacial score (nSPS) is 20.3. The van der Waals surface area contributed by atoms with Crippen molar-refractivity contribution in [3.8, 4) is 0 Å². The highest BCUT2D eigenvalue weighted by Crippen LogP contribution is 2.25. The van der Waals surface area contributed by atoms with E-state index >= 15 is 0 Å². The number of nitrogens with one attached hydrogen (secondary N) is 1. The first kappa shape index (κ1) is 17.1. The van der Waals surface area contributed by atoms with Crippen LogP contribution in [0.15, 0.2) is 41.6 Å². The fraction of sp³-hybridized carbons (Fsp3) is 0.400. The molecule has 2 aliphatic rings. The van der Waals surface area contributed by atoms with Gasteiger partial charge in [0.2, 0.25) is 0 Å². The fourth-order valence-corrected chi connectivity index (χ4v) is 4.40. The lowest BCUT2D eigenvalue weighted by Gasteiger charge is -2.41. The largest absolute Gasteiger partial charge is 0.336 e. The van der Waals surface area contributed by atoms with Crippen molar-refractivity contribution in [1.29, 1.82) is 0 Å². The lowest BCUT2D eigenvalue weighted by Crippen LogP contribution is -2.53. The molecule has 8 nitrogen and oxygen atoms in total. The van der Waals surface area contributed by atoms with Gasteiger partial charge in [-0.1, -0.05) is 24.3 Å². The van der Waals surface area contributed by atoms with Crippen LogP contribution in [0.1, 0.15) is 27.9 Å². The summed E-state index contributed by atoms with van der Waals surface area (Å²) >= 11 is 0. The number of carbonyl (C=O) groups is 1. The molecular weight excluding hydrogens is 356 g/mol. The van der Waals surface area contributed by atoms with Crippen LogP contribution in [0, 0.1) is 0 Å². The number of H-pyrrole nitrogens is 1. The molecular formula is C20H22N6O2. The Labute approximate surface area is 161 Å². The number of benzene rings is 1. The summed E-state index contributed by atoms with van der Waals surface area (Å²) in [4.78, 5) is 37.6. The van der Waals surface area contributed by atoms with E-state index in [0.29, 0.717) is 19.1 Å². The topological polar surface area (TPSA) is 86.6 Å². The average Bonchev–Trinajstić information content (AvgIpc) is 3.23. The molecule has 1 aliphatic carbocycles. The van der Waals surface area contributed by atoms with Gasteiger partial charge in [0.1, 0.15) is 11.9 Å². The van der Waals surface area contributed by atoms with E-state index in [4.69, 9.17) is 0 Å². The molecule has 5 rings (SSSR count). The monoisotopic (exact) mass is 378 g/mol. The second-order valence-electron chi connectivity index (χ2n) is 7.49. The Balaban J connectivity index is 1.26. The Morgan fingerprint density at radius 2 is 1.86 bits per heavy atom. The summed E-state index contributed by atoms with van der Waals surface area (Å²) in [5, 5.41) is 2.70. The molecule has 144 valence electrons. The number of piperazine rings is 1. The molecule has 1 unspecified atom stereocenters. The third kappa shape index (κ3) is 2.90. The molecule has 1 atom stereocenters. The molecule has 1 aromatic carbocycles. The van der Waals surface area contributed by atoms with Crippen LogP contribution < -0.4 is 5.56 Å². The molecule has 3 aromatic rings. The van der Waals surface area contributed by atoms with Crippen LogP contribution in [-0.2, 0) is 12.8 Å². The van der Waals surface area contributed by atoms with Crippen LogP contribution in [0.5, 0.6) is 0 Å². The summed E-state index contributed by atoms with van der Waals surface area (Å²) in [6.07, 6.45) is 6.08. The highest BCUT2D eigenvalue weighted by Gasteiger charge is 2.30. The zero-order valence-corrected chi connectivity index (χ0v) is 15.5. The van der Waals surface area contributed by atoms with Gasteiger partial charge in [-0.05, 0) is 30.4 Å². The maximum absolute atomic E-state index is 12.9. The van der Waals surface area contributed by atoms with Gasteiger partial charge in [0.15, 0.2) is 0 Å². The zero-order chi connectivity index (χ0) is 19.1. The Morgan fingerprint density at radius 1 is 1.07 bits per heavy atom. The van der Waals surface area contributed by atoms with Crippen molar-refractivity contribution in [2.24, 2.45) is 0 Å². The van der Waals surface area contributed by atoms with Crippen LogP contribution in [0.3, 0.4) is 0 Å². The maximum Gasteiger partial charge on any atom is 0.286 e. The van der Waals surface area contributed by atoms with Crippen LogP contribution in [0.4, 0.5) is 0 Å². The van der Waals surface area contributed by atoms with Crippen molar-refractivity contribution in [1.82, 2.24) is 29.4 Å². The SMILES string of the molecule is O=C(c1cnc2nc[nH]n2c1=O)N1CCN(C2CCc3ccccc3C2)CC1. The van der Waals surface area contributed by atoms with Crippen LogP contribution in [0.25, 0.3) is 5.78 Å². The fourth-order valence-electron chi connectivity index (χ4n) is 4.40. The van der Waals surface area contributed by atoms with E-state index in [0.717, 1.165) is 32.4 Å². The third-order valence-electron chi connectivity index (χ3n) is 5.98. The molecule has 3 heterocycles. The van der Waals surface area contributed by atoms with E-state index < -0.39 is 5.56 Å². The number of hydrogen-bond acceptors (Lipinski definition) is 5. The average molecular weight is 378 g/mol. The second-order valence-corrected chi connectivity index (χ2v) is 7.49. The van der Waals surface area contributed by atoms with Gasteiger partial charge in [-0.25, -0.2) is 9.97 Å². The number of fused-ring (bicyclic) bond motifs is 2. The van der Waals surface area contributed by atoms with E-state index in [1.807, 2.05) is 0 Å². The minimum Gasteiger partial charge on any atom is -0.336 e. The quantitative estimate of drug-likeness (QED) is 0.711. The van der Waals surface area contributed by atoms with Crippen molar-refractivity contribution in [2.45, 2.75) is 25.3 Å². The van der Waals surface area contributed by atoms with Gasteiger partial charge in [-0.3, -0.25) is 19.6 Å². The minimum atomic E-state index is -0.404. The first-order valence-electron chi connectivity index (χ1n) is 9.72. The number of nitrogens with zero attached hydrogens (tertiary/aromatic N) is 5. The highest BCUT2D eigenvalue weighted by atomic mass is 16.2. The summed E-state index contributed by atoms with van der Waals surface area (Å²) < 4.78 is 1.20. The summed E-state index contributed by atoms with van der Waals surface area (Å²) in [5.74, 6) is 0.0130.